The fourth-order valence-corrected chi connectivity index (χ4v) is 2.11. The predicted molar refractivity (Wildman–Crippen MR) is 58.4 cm³/mol. The molecular weight excluding hydrogens is 192 g/mol. The maximum Gasteiger partial charge on any atom is 0.145 e. The zero-order valence-electron chi connectivity index (χ0n) is 8.84. The average Bonchev–Trinajstić information content (AvgIpc) is 2.67. The summed E-state index contributed by atoms with van der Waals surface area (Å²) in [5, 5.41) is 13.1. The lowest BCUT2D eigenvalue weighted by atomic mass is 10.1. The number of aromatic nitrogens is 2. The zero-order valence-corrected chi connectivity index (χ0v) is 8.84. The summed E-state index contributed by atoms with van der Waals surface area (Å²) in [6, 6.07) is 2.30. The Labute approximate surface area is 89.5 Å². The maximum absolute atomic E-state index is 8.83. The van der Waals surface area contributed by atoms with Gasteiger partial charge in [0.25, 0.3) is 0 Å². The summed E-state index contributed by atoms with van der Waals surface area (Å²) in [6.07, 6.45) is 4.12. The second kappa shape index (κ2) is 4.63. The van der Waals surface area contributed by atoms with E-state index in [1.807, 2.05) is 16.9 Å². The number of hydrogen-bond donors (Lipinski definition) is 2. The van der Waals surface area contributed by atoms with Crippen molar-refractivity contribution in [1.82, 2.24) is 14.7 Å². The van der Waals surface area contributed by atoms with Crippen LogP contribution in [0.15, 0.2) is 12.3 Å². The quantitative estimate of drug-likeness (QED) is 0.742. The first kappa shape index (κ1) is 10.4. The summed E-state index contributed by atoms with van der Waals surface area (Å²) in [6.45, 7) is 3.10. The molecule has 2 heterocycles. The van der Waals surface area contributed by atoms with Crippen LogP contribution in [0.5, 0.6) is 0 Å². The van der Waals surface area contributed by atoms with Gasteiger partial charge in [-0.15, -0.1) is 0 Å². The normalized spacial score (nSPS) is 19.5. The highest BCUT2D eigenvalue weighted by molar-refractivity contribution is 5.24. The summed E-state index contributed by atoms with van der Waals surface area (Å²) in [7, 11) is 0. The van der Waals surface area contributed by atoms with Crippen molar-refractivity contribution in [1.29, 1.82) is 0 Å². The number of anilines is 1. The molecule has 0 unspecified atom stereocenters. The molecule has 0 atom stereocenters. The van der Waals surface area contributed by atoms with Gasteiger partial charge in [0.1, 0.15) is 5.82 Å². The van der Waals surface area contributed by atoms with Crippen molar-refractivity contribution in [3.8, 4) is 0 Å². The van der Waals surface area contributed by atoms with E-state index in [2.05, 4.69) is 10.00 Å². The third kappa shape index (κ3) is 2.49. The van der Waals surface area contributed by atoms with Crippen molar-refractivity contribution in [2.75, 3.05) is 32.0 Å². The Bertz CT molecular complexity index is 304. The molecule has 0 bridgehead atoms. The molecule has 0 spiro atoms. The van der Waals surface area contributed by atoms with Crippen LogP contribution >= 0.6 is 0 Å². The van der Waals surface area contributed by atoms with E-state index in [-0.39, 0.29) is 6.61 Å². The molecule has 1 fully saturated rings. The Kier molecular flexibility index (Phi) is 3.23. The Morgan fingerprint density at radius 3 is 2.73 bits per heavy atom. The monoisotopic (exact) mass is 210 g/mol. The second-order valence-corrected chi connectivity index (χ2v) is 4.02. The van der Waals surface area contributed by atoms with Gasteiger partial charge >= 0.3 is 0 Å². The fourth-order valence-electron chi connectivity index (χ4n) is 2.11. The minimum absolute atomic E-state index is 0.249. The fraction of sp³-hybridized carbons (Fsp3) is 0.700. The summed E-state index contributed by atoms with van der Waals surface area (Å²) < 4.78 is 1.96. The summed E-state index contributed by atoms with van der Waals surface area (Å²) >= 11 is 0. The lowest BCUT2D eigenvalue weighted by Crippen LogP contribution is -2.36. The van der Waals surface area contributed by atoms with Gasteiger partial charge in [0.05, 0.1) is 12.6 Å². The smallest absolute Gasteiger partial charge is 0.145 e. The van der Waals surface area contributed by atoms with Crippen molar-refractivity contribution < 1.29 is 5.11 Å². The van der Waals surface area contributed by atoms with E-state index in [1.54, 1.807) is 0 Å². The standard InChI is InChI=1S/C10H18N4O/c11-10-3-6-14(12-10)9-1-4-13(5-2-9)7-8-15/h3,6,9,15H,1-2,4-5,7-8H2,(H2,11,12). The van der Waals surface area contributed by atoms with Gasteiger partial charge in [-0.05, 0) is 18.9 Å². The molecular formula is C10H18N4O. The van der Waals surface area contributed by atoms with Crippen molar-refractivity contribution >= 4 is 5.82 Å². The summed E-state index contributed by atoms with van der Waals surface area (Å²) in [5.41, 5.74) is 5.58. The lowest BCUT2D eigenvalue weighted by molar-refractivity contribution is 0.146. The van der Waals surface area contributed by atoms with Crippen molar-refractivity contribution in [3.05, 3.63) is 12.3 Å². The highest BCUT2D eigenvalue weighted by Gasteiger charge is 2.20. The molecule has 84 valence electrons. The first-order valence-electron chi connectivity index (χ1n) is 5.43. The van der Waals surface area contributed by atoms with E-state index in [0.29, 0.717) is 11.9 Å². The molecule has 1 aliphatic heterocycles. The van der Waals surface area contributed by atoms with Crippen LogP contribution in [0.3, 0.4) is 0 Å². The van der Waals surface area contributed by atoms with Crippen LogP contribution in [0.2, 0.25) is 0 Å². The van der Waals surface area contributed by atoms with Crippen LogP contribution in [-0.4, -0.2) is 46.0 Å². The van der Waals surface area contributed by atoms with Gasteiger partial charge in [-0.2, -0.15) is 5.10 Å². The summed E-state index contributed by atoms with van der Waals surface area (Å²) in [5.74, 6) is 0.591. The van der Waals surface area contributed by atoms with Crippen molar-refractivity contribution in [3.63, 3.8) is 0 Å². The van der Waals surface area contributed by atoms with Gasteiger partial charge in [-0.3, -0.25) is 4.68 Å². The highest BCUT2D eigenvalue weighted by atomic mass is 16.3. The third-order valence-electron chi connectivity index (χ3n) is 2.98. The van der Waals surface area contributed by atoms with E-state index < -0.39 is 0 Å². The minimum Gasteiger partial charge on any atom is -0.395 e. The van der Waals surface area contributed by atoms with Gasteiger partial charge < -0.3 is 15.7 Å². The molecule has 1 saturated heterocycles. The molecule has 1 aliphatic rings. The molecule has 5 nitrogen and oxygen atoms in total. The average molecular weight is 210 g/mol. The lowest BCUT2D eigenvalue weighted by Gasteiger charge is -2.31. The number of β-amino-alcohol motifs (C(OH)–C–C–N with tert-alkyl or cyclic N) is 1. The number of hydrogen-bond acceptors (Lipinski definition) is 4. The molecule has 1 aromatic heterocycles. The SMILES string of the molecule is Nc1ccn(C2CCN(CCO)CC2)n1. The van der Waals surface area contributed by atoms with E-state index in [9.17, 15) is 0 Å². The van der Waals surface area contributed by atoms with Gasteiger partial charge in [0.2, 0.25) is 0 Å². The largest absolute Gasteiger partial charge is 0.395 e. The van der Waals surface area contributed by atoms with E-state index in [1.165, 1.54) is 0 Å². The van der Waals surface area contributed by atoms with Gasteiger partial charge in [-0.1, -0.05) is 0 Å². The van der Waals surface area contributed by atoms with Gasteiger partial charge in [0, 0.05) is 25.8 Å². The molecule has 2 rings (SSSR count). The van der Waals surface area contributed by atoms with Gasteiger partial charge in [-0.25, -0.2) is 0 Å². The van der Waals surface area contributed by atoms with Crippen LogP contribution in [0.4, 0.5) is 5.82 Å². The number of aliphatic hydroxyl groups excluding tert-OH is 1. The molecule has 0 radical (unpaired) electrons. The first-order chi connectivity index (χ1) is 7.29. The molecule has 1 aromatic rings. The Morgan fingerprint density at radius 1 is 1.47 bits per heavy atom. The van der Waals surface area contributed by atoms with Crippen LogP contribution in [0.1, 0.15) is 18.9 Å². The van der Waals surface area contributed by atoms with Crippen LogP contribution in [0, 0.1) is 0 Å². The third-order valence-corrected chi connectivity index (χ3v) is 2.98. The van der Waals surface area contributed by atoms with Crippen molar-refractivity contribution in [2.24, 2.45) is 0 Å². The molecule has 0 aromatic carbocycles. The maximum atomic E-state index is 8.83. The molecule has 3 N–H and O–H groups in total. The number of piperidine rings is 1. The highest BCUT2D eigenvalue weighted by Crippen LogP contribution is 2.21. The Balaban J connectivity index is 1.88. The van der Waals surface area contributed by atoms with Gasteiger partial charge in [0.15, 0.2) is 0 Å². The topological polar surface area (TPSA) is 67.3 Å². The number of likely N-dealkylation sites (tertiary alicyclic amines) is 1. The number of nitrogens with two attached hydrogens (primary N) is 1. The Hall–Kier alpha value is -1.07. The molecule has 15 heavy (non-hydrogen) atoms. The number of nitrogens with zero attached hydrogens (tertiary/aromatic N) is 3. The molecule has 5 heteroatoms. The van der Waals surface area contributed by atoms with Crippen LogP contribution in [-0.2, 0) is 0 Å². The van der Waals surface area contributed by atoms with E-state index in [0.717, 1.165) is 32.5 Å². The minimum atomic E-state index is 0.249. The molecule has 0 saturated carbocycles. The second-order valence-electron chi connectivity index (χ2n) is 4.02. The number of aliphatic hydroxyl groups is 1. The molecule has 0 amide bonds. The van der Waals surface area contributed by atoms with Crippen LogP contribution < -0.4 is 5.73 Å². The summed E-state index contributed by atoms with van der Waals surface area (Å²) in [4.78, 5) is 2.28. The first-order valence-corrected chi connectivity index (χ1v) is 5.43. The van der Waals surface area contributed by atoms with E-state index in [4.69, 9.17) is 10.8 Å². The van der Waals surface area contributed by atoms with Crippen molar-refractivity contribution in [2.45, 2.75) is 18.9 Å². The predicted octanol–water partition coefficient (Wildman–Crippen LogP) is 0.0945. The van der Waals surface area contributed by atoms with Crippen LogP contribution in [0.25, 0.3) is 0 Å². The Morgan fingerprint density at radius 2 is 2.20 bits per heavy atom. The zero-order chi connectivity index (χ0) is 10.7. The number of nitrogen functional groups attached to an aromatic ring is 1. The van der Waals surface area contributed by atoms with E-state index >= 15 is 0 Å². The molecule has 0 aliphatic carbocycles. The number of rotatable bonds is 3.